The van der Waals surface area contributed by atoms with Gasteiger partial charge >= 0.3 is 5.97 Å². The number of nitrogens with zero attached hydrogens (tertiary/aromatic N) is 1. The summed E-state index contributed by atoms with van der Waals surface area (Å²) in [5, 5.41) is 30.9. The first-order valence-electron chi connectivity index (χ1n) is 12.5. The molecule has 4 atom stereocenters. The normalized spacial score (nSPS) is 22.5. The van der Waals surface area contributed by atoms with Crippen LogP contribution in [0.4, 0.5) is 0 Å². The maximum Gasteiger partial charge on any atom is 0.305 e. The molecule has 17 heteroatoms. The number of benzene rings is 1. The van der Waals surface area contributed by atoms with Gasteiger partial charge in [0, 0.05) is 18.7 Å². The lowest BCUT2D eigenvalue weighted by Crippen LogP contribution is -2.58. The monoisotopic (exact) mass is 594 g/mol. The molecule has 1 saturated heterocycles. The van der Waals surface area contributed by atoms with Gasteiger partial charge < -0.3 is 48.3 Å². The summed E-state index contributed by atoms with van der Waals surface area (Å²) in [5.74, 6) is -5.95. The number of rotatable bonds is 9. The minimum Gasteiger partial charge on any atom is -0.508 e. The number of hydrogen-bond acceptors (Lipinski definition) is 9. The van der Waals surface area contributed by atoms with E-state index in [2.05, 4.69) is 44.2 Å². The Morgan fingerprint density at radius 2 is 1.46 bits per heavy atom. The van der Waals surface area contributed by atoms with Gasteiger partial charge in [-0.3, -0.25) is 33.8 Å². The Morgan fingerprint density at radius 1 is 0.878 bits per heavy atom. The summed E-state index contributed by atoms with van der Waals surface area (Å²) >= 11 is 4.14. The number of aliphatic carboxylic acids is 1. The van der Waals surface area contributed by atoms with Crippen molar-refractivity contribution in [3.8, 4) is 5.75 Å². The van der Waals surface area contributed by atoms with Crippen molar-refractivity contribution in [3.05, 3.63) is 29.8 Å². The van der Waals surface area contributed by atoms with Crippen molar-refractivity contribution in [1.82, 2.24) is 26.6 Å². The van der Waals surface area contributed by atoms with Crippen LogP contribution in [0.2, 0.25) is 0 Å². The highest BCUT2D eigenvalue weighted by atomic mass is 32.1. The van der Waals surface area contributed by atoms with Crippen LogP contribution in [0.25, 0.3) is 0 Å². The largest absolute Gasteiger partial charge is 0.508 e. The number of guanidine groups is 1. The minimum atomic E-state index is -1.59. The molecule has 0 aromatic heterocycles. The van der Waals surface area contributed by atoms with Crippen LogP contribution in [0.5, 0.6) is 5.75 Å². The summed E-state index contributed by atoms with van der Waals surface area (Å²) < 4.78 is 0. The van der Waals surface area contributed by atoms with Crippen molar-refractivity contribution in [3.63, 3.8) is 0 Å². The Hall–Kier alpha value is -4.54. The highest BCUT2D eigenvalue weighted by molar-refractivity contribution is 7.80. The number of phenolic OH excluding ortho intramolecular Hbond substituents is 1. The number of aliphatic imine (C=N–C) groups is 1. The second-order valence-electron chi connectivity index (χ2n) is 9.12. The first kappa shape index (κ1) is 32.7. The molecule has 41 heavy (non-hydrogen) atoms. The van der Waals surface area contributed by atoms with Crippen LogP contribution in [-0.4, -0.2) is 94.7 Å². The molecule has 4 unspecified atom stereocenters. The van der Waals surface area contributed by atoms with Gasteiger partial charge in [0.2, 0.25) is 29.5 Å². The van der Waals surface area contributed by atoms with E-state index in [1.807, 2.05) is 0 Å². The van der Waals surface area contributed by atoms with Gasteiger partial charge in [-0.25, -0.2) is 0 Å². The third-order valence-electron chi connectivity index (χ3n) is 5.86. The van der Waals surface area contributed by atoms with Crippen LogP contribution >= 0.6 is 12.6 Å². The molecule has 2 rings (SSSR count). The molecule has 1 aliphatic heterocycles. The molecular formula is C24H34N8O8S. The number of carboxylic acid groups (broad SMARTS) is 1. The first-order valence-corrected chi connectivity index (χ1v) is 13.2. The molecule has 11 N–H and O–H groups in total. The summed E-state index contributed by atoms with van der Waals surface area (Å²) in [6.45, 7) is -0.481. The molecule has 1 aromatic rings. The summed E-state index contributed by atoms with van der Waals surface area (Å²) in [5.41, 5.74) is 11.1. The molecule has 224 valence electrons. The van der Waals surface area contributed by atoms with E-state index in [-0.39, 0.29) is 43.3 Å². The Bertz CT molecular complexity index is 1160. The highest BCUT2D eigenvalue weighted by Crippen LogP contribution is 2.12. The van der Waals surface area contributed by atoms with Gasteiger partial charge in [-0.1, -0.05) is 12.1 Å². The highest BCUT2D eigenvalue weighted by Gasteiger charge is 2.32. The quantitative estimate of drug-likeness (QED) is 0.0582. The zero-order chi connectivity index (χ0) is 30.5. The van der Waals surface area contributed by atoms with Crippen molar-refractivity contribution in [2.24, 2.45) is 16.5 Å². The van der Waals surface area contributed by atoms with E-state index in [0.717, 1.165) is 0 Å². The topological polar surface area (TPSA) is 267 Å². The van der Waals surface area contributed by atoms with Crippen LogP contribution in [0, 0.1) is 0 Å². The molecule has 0 bridgehead atoms. The van der Waals surface area contributed by atoms with E-state index in [4.69, 9.17) is 11.5 Å². The Morgan fingerprint density at radius 3 is 2.07 bits per heavy atom. The van der Waals surface area contributed by atoms with Gasteiger partial charge in [0.1, 0.15) is 29.9 Å². The van der Waals surface area contributed by atoms with E-state index >= 15 is 0 Å². The smallest absolute Gasteiger partial charge is 0.305 e. The molecule has 16 nitrogen and oxygen atoms in total. The van der Waals surface area contributed by atoms with Crippen LogP contribution in [0.15, 0.2) is 29.3 Å². The predicted molar refractivity (Wildman–Crippen MR) is 149 cm³/mol. The number of phenols is 1. The summed E-state index contributed by atoms with van der Waals surface area (Å²) in [4.78, 5) is 80.0. The number of carboxylic acids is 1. The molecular weight excluding hydrogens is 560 g/mol. The summed E-state index contributed by atoms with van der Waals surface area (Å²) in [6, 6.07) is 0.451. The third-order valence-corrected chi connectivity index (χ3v) is 6.22. The van der Waals surface area contributed by atoms with Gasteiger partial charge in [-0.2, -0.15) is 12.6 Å². The van der Waals surface area contributed by atoms with Crippen molar-refractivity contribution < 1.29 is 39.0 Å². The molecule has 0 saturated carbocycles. The second kappa shape index (κ2) is 15.9. The van der Waals surface area contributed by atoms with Crippen molar-refractivity contribution in [2.45, 2.75) is 49.9 Å². The molecule has 0 radical (unpaired) electrons. The van der Waals surface area contributed by atoms with Gasteiger partial charge in [-0.15, -0.1) is 0 Å². The number of carbonyl (C=O) groups is 6. The van der Waals surface area contributed by atoms with Crippen LogP contribution in [0.3, 0.4) is 0 Å². The zero-order valence-corrected chi connectivity index (χ0v) is 22.9. The molecule has 0 aliphatic carbocycles. The van der Waals surface area contributed by atoms with E-state index < -0.39 is 72.6 Å². The second-order valence-corrected chi connectivity index (χ2v) is 9.49. The molecule has 0 spiro atoms. The standard InChI is InChI=1S/C24H34N8O8S/c25-24(26)27-7-1-2-14-20(37)28-10-18(34)29-16(9-19(35)36)22(39)31-15(8-12-3-5-13(33)6-4-12)21(38)32-17(11-41)23(40)30-14/h3-6,14-17,33,41H,1-2,7-11H2,(H,28,37)(H,29,34)(H,30,40)(H,31,39)(H,32,38)(H,35,36)(H4,25,26,27). The van der Waals surface area contributed by atoms with Gasteiger partial charge in [0.15, 0.2) is 5.96 Å². The fourth-order valence-corrected chi connectivity index (χ4v) is 4.04. The number of carbonyl (C=O) groups excluding carboxylic acids is 5. The van der Waals surface area contributed by atoms with Gasteiger partial charge in [0.25, 0.3) is 0 Å². The van der Waals surface area contributed by atoms with Crippen molar-refractivity contribution in [2.75, 3.05) is 18.8 Å². The number of aromatic hydroxyl groups is 1. The Kier molecular flexibility index (Phi) is 12.7. The maximum atomic E-state index is 13.3. The average Bonchev–Trinajstić information content (AvgIpc) is 2.91. The molecule has 1 heterocycles. The molecule has 1 fully saturated rings. The Balaban J connectivity index is 2.39. The average molecular weight is 595 g/mol. The number of nitrogens with one attached hydrogen (secondary N) is 5. The molecule has 1 aromatic carbocycles. The van der Waals surface area contributed by atoms with Crippen LogP contribution in [-0.2, 0) is 35.2 Å². The summed E-state index contributed by atoms with van der Waals surface area (Å²) in [7, 11) is 0. The van der Waals surface area contributed by atoms with Gasteiger partial charge in [-0.05, 0) is 30.5 Å². The minimum absolute atomic E-state index is 0.0311. The van der Waals surface area contributed by atoms with Gasteiger partial charge in [0.05, 0.1) is 13.0 Å². The van der Waals surface area contributed by atoms with E-state index in [0.29, 0.717) is 5.56 Å². The molecule has 1 aliphatic rings. The number of thiol groups is 1. The van der Waals surface area contributed by atoms with Crippen molar-refractivity contribution >= 4 is 54.1 Å². The predicted octanol–water partition coefficient (Wildman–Crippen LogP) is -3.54. The third kappa shape index (κ3) is 11.2. The molecule has 5 amide bonds. The van der Waals surface area contributed by atoms with Crippen molar-refractivity contribution in [1.29, 1.82) is 0 Å². The fraction of sp³-hybridized carbons (Fsp3) is 0.458. The number of hydrogen-bond donors (Lipinski definition) is 10. The summed E-state index contributed by atoms with van der Waals surface area (Å²) in [6.07, 6.45) is -0.589. The SMILES string of the molecule is NC(N)=NCCCC1NC(=O)C(CS)NC(=O)C(Cc2ccc(O)cc2)NC(=O)C(CC(=O)O)NC(=O)CNC1=O. The van der Waals surface area contributed by atoms with E-state index in [1.54, 1.807) is 0 Å². The first-order chi connectivity index (χ1) is 19.4. The number of amides is 5. The lowest BCUT2D eigenvalue weighted by Gasteiger charge is -2.25. The number of nitrogens with two attached hydrogens (primary N) is 2. The maximum absolute atomic E-state index is 13.3. The lowest BCUT2D eigenvalue weighted by atomic mass is 10.0. The van der Waals surface area contributed by atoms with Crippen LogP contribution in [0.1, 0.15) is 24.8 Å². The van der Waals surface area contributed by atoms with Crippen LogP contribution < -0.4 is 38.1 Å². The Labute approximate surface area is 240 Å². The lowest BCUT2D eigenvalue weighted by molar-refractivity contribution is -0.141. The van der Waals surface area contributed by atoms with E-state index in [1.165, 1.54) is 24.3 Å². The fourth-order valence-electron chi connectivity index (χ4n) is 3.78. The zero-order valence-electron chi connectivity index (χ0n) is 22.0. The van der Waals surface area contributed by atoms with E-state index in [9.17, 15) is 39.0 Å².